The summed E-state index contributed by atoms with van der Waals surface area (Å²) in [7, 11) is 2.33. The Kier molecular flexibility index (Phi) is 6.51. The second-order valence-electron chi connectivity index (χ2n) is 7.90. The first-order valence-corrected chi connectivity index (χ1v) is 9.06. The van der Waals surface area contributed by atoms with Gasteiger partial charge >= 0.3 is 0 Å². The van der Waals surface area contributed by atoms with Crippen LogP contribution in [-0.2, 0) is 4.74 Å². The van der Waals surface area contributed by atoms with Crippen LogP contribution in [0.1, 0.15) is 59.3 Å². The summed E-state index contributed by atoms with van der Waals surface area (Å²) in [6.07, 6.45) is 7.87. The Morgan fingerprint density at radius 2 is 2.05 bits per heavy atom. The number of nitrogens with one attached hydrogen (secondary N) is 1. The van der Waals surface area contributed by atoms with Gasteiger partial charge in [-0.05, 0) is 57.0 Å². The summed E-state index contributed by atoms with van der Waals surface area (Å²) < 4.78 is 5.66. The molecule has 1 aliphatic heterocycles. The number of hydrogen-bond donors (Lipinski definition) is 1. The molecule has 124 valence electrons. The molecular weight excluding hydrogens is 260 g/mol. The highest BCUT2D eigenvalue weighted by Gasteiger charge is 2.40. The van der Waals surface area contributed by atoms with Crippen molar-refractivity contribution in [3.63, 3.8) is 0 Å². The molecule has 0 amide bonds. The molecule has 2 fully saturated rings. The van der Waals surface area contributed by atoms with Gasteiger partial charge in [-0.3, -0.25) is 0 Å². The zero-order valence-electron chi connectivity index (χ0n) is 14.7. The van der Waals surface area contributed by atoms with Crippen molar-refractivity contribution in [1.29, 1.82) is 0 Å². The summed E-state index contributed by atoms with van der Waals surface area (Å²) in [5, 5.41) is 3.86. The van der Waals surface area contributed by atoms with Crippen LogP contribution in [0.4, 0.5) is 0 Å². The average Bonchev–Trinajstić information content (AvgIpc) is 2.46. The highest BCUT2D eigenvalue weighted by molar-refractivity contribution is 4.97. The highest BCUT2D eigenvalue weighted by Crippen LogP contribution is 2.37. The fraction of sp³-hybridized carbons (Fsp3) is 1.00. The van der Waals surface area contributed by atoms with E-state index in [0.717, 1.165) is 25.7 Å². The van der Waals surface area contributed by atoms with Gasteiger partial charge in [0.1, 0.15) is 0 Å². The lowest BCUT2D eigenvalue weighted by Gasteiger charge is -2.48. The number of rotatable bonds is 6. The summed E-state index contributed by atoms with van der Waals surface area (Å²) in [5.74, 6) is 0.737. The van der Waals surface area contributed by atoms with E-state index in [1.165, 1.54) is 45.1 Å². The lowest BCUT2D eigenvalue weighted by molar-refractivity contribution is 0.0137. The largest absolute Gasteiger partial charge is 0.381 e. The number of likely N-dealkylation sites (N-methyl/N-ethyl adjacent to an activating group) is 1. The van der Waals surface area contributed by atoms with E-state index < -0.39 is 0 Å². The monoisotopic (exact) mass is 296 g/mol. The number of ether oxygens (including phenoxy) is 1. The average molecular weight is 296 g/mol. The van der Waals surface area contributed by atoms with Crippen molar-refractivity contribution in [3.8, 4) is 0 Å². The molecule has 0 radical (unpaired) electrons. The van der Waals surface area contributed by atoms with Gasteiger partial charge in [0.25, 0.3) is 0 Å². The minimum Gasteiger partial charge on any atom is -0.381 e. The van der Waals surface area contributed by atoms with E-state index in [4.69, 9.17) is 4.74 Å². The maximum atomic E-state index is 5.66. The molecule has 1 heterocycles. The van der Waals surface area contributed by atoms with Gasteiger partial charge in [0, 0.05) is 25.2 Å². The van der Waals surface area contributed by atoms with Gasteiger partial charge in [-0.2, -0.15) is 0 Å². The molecular formula is C18H36N2O. The standard InChI is InChI=1S/C18H36N2O/c1-5-11-19-17-16(9-6-10-18(17,2)3)20(4)13-15-8-7-12-21-14-15/h15-17,19H,5-14H2,1-4H3. The molecule has 2 rings (SSSR count). The van der Waals surface area contributed by atoms with Crippen molar-refractivity contribution in [2.24, 2.45) is 11.3 Å². The van der Waals surface area contributed by atoms with Crippen molar-refractivity contribution < 1.29 is 4.74 Å². The predicted molar refractivity (Wildman–Crippen MR) is 89.7 cm³/mol. The number of hydrogen-bond acceptors (Lipinski definition) is 3. The molecule has 1 N–H and O–H groups in total. The zero-order valence-corrected chi connectivity index (χ0v) is 14.7. The third kappa shape index (κ3) is 4.67. The minimum atomic E-state index is 0.412. The smallest absolute Gasteiger partial charge is 0.0506 e. The van der Waals surface area contributed by atoms with Crippen LogP contribution in [-0.4, -0.2) is 50.3 Å². The van der Waals surface area contributed by atoms with Crippen LogP contribution in [0.3, 0.4) is 0 Å². The summed E-state index contributed by atoms with van der Waals surface area (Å²) in [6.45, 7) is 11.4. The first-order valence-electron chi connectivity index (χ1n) is 9.06. The van der Waals surface area contributed by atoms with E-state index in [2.05, 4.69) is 38.0 Å². The Morgan fingerprint density at radius 1 is 1.24 bits per heavy atom. The molecule has 3 atom stereocenters. The fourth-order valence-corrected chi connectivity index (χ4v) is 4.29. The molecule has 0 bridgehead atoms. The maximum Gasteiger partial charge on any atom is 0.0506 e. The number of nitrogens with zero attached hydrogens (tertiary/aromatic N) is 1. The highest BCUT2D eigenvalue weighted by atomic mass is 16.5. The molecule has 21 heavy (non-hydrogen) atoms. The van der Waals surface area contributed by atoms with Gasteiger partial charge in [0.2, 0.25) is 0 Å². The van der Waals surface area contributed by atoms with Crippen LogP contribution in [0.2, 0.25) is 0 Å². The van der Waals surface area contributed by atoms with Gasteiger partial charge in [-0.1, -0.05) is 27.2 Å². The lowest BCUT2D eigenvalue weighted by atomic mass is 9.70. The Hall–Kier alpha value is -0.120. The summed E-state index contributed by atoms with van der Waals surface area (Å²) in [4.78, 5) is 2.63. The molecule has 0 aromatic carbocycles. The second-order valence-corrected chi connectivity index (χ2v) is 7.90. The van der Waals surface area contributed by atoms with E-state index in [9.17, 15) is 0 Å². The molecule has 0 aromatic rings. The van der Waals surface area contributed by atoms with Gasteiger partial charge < -0.3 is 15.0 Å². The Morgan fingerprint density at radius 3 is 2.71 bits per heavy atom. The van der Waals surface area contributed by atoms with E-state index in [1.54, 1.807) is 0 Å². The predicted octanol–water partition coefficient (Wildman–Crippen LogP) is 3.29. The molecule has 0 aromatic heterocycles. The quantitative estimate of drug-likeness (QED) is 0.814. The molecule has 3 heteroatoms. The van der Waals surface area contributed by atoms with Gasteiger partial charge in [-0.15, -0.1) is 0 Å². The SMILES string of the molecule is CCCNC1C(N(C)CC2CCCOC2)CCCC1(C)C. The van der Waals surface area contributed by atoms with E-state index >= 15 is 0 Å². The van der Waals surface area contributed by atoms with Crippen molar-refractivity contribution in [3.05, 3.63) is 0 Å². The van der Waals surface area contributed by atoms with E-state index in [0.29, 0.717) is 17.5 Å². The van der Waals surface area contributed by atoms with Crippen LogP contribution in [0.15, 0.2) is 0 Å². The minimum absolute atomic E-state index is 0.412. The van der Waals surface area contributed by atoms with Gasteiger partial charge in [-0.25, -0.2) is 0 Å². The summed E-state index contributed by atoms with van der Waals surface area (Å²) in [5.41, 5.74) is 0.412. The third-order valence-electron chi connectivity index (χ3n) is 5.53. The third-order valence-corrected chi connectivity index (χ3v) is 5.53. The van der Waals surface area contributed by atoms with Crippen LogP contribution in [0.5, 0.6) is 0 Å². The first-order chi connectivity index (χ1) is 10.0. The Labute approximate surface area is 131 Å². The van der Waals surface area contributed by atoms with E-state index in [1.807, 2.05) is 0 Å². The molecule has 3 unspecified atom stereocenters. The fourth-order valence-electron chi connectivity index (χ4n) is 4.29. The van der Waals surface area contributed by atoms with E-state index in [-0.39, 0.29) is 0 Å². The molecule has 3 nitrogen and oxygen atoms in total. The summed E-state index contributed by atoms with van der Waals surface area (Å²) in [6, 6.07) is 1.31. The first kappa shape index (κ1) is 17.2. The Bertz CT molecular complexity index is 300. The molecule has 1 aliphatic carbocycles. The second kappa shape index (κ2) is 7.94. The van der Waals surface area contributed by atoms with Crippen molar-refractivity contribution in [2.45, 2.75) is 71.4 Å². The van der Waals surface area contributed by atoms with Crippen LogP contribution in [0, 0.1) is 11.3 Å². The van der Waals surface area contributed by atoms with Gasteiger partial charge in [0.15, 0.2) is 0 Å². The maximum absolute atomic E-state index is 5.66. The molecule has 2 aliphatic rings. The molecule has 0 spiro atoms. The zero-order chi connectivity index (χ0) is 15.3. The van der Waals surface area contributed by atoms with Crippen LogP contribution >= 0.6 is 0 Å². The lowest BCUT2D eigenvalue weighted by Crippen LogP contribution is -2.58. The van der Waals surface area contributed by atoms with Crippen molar-refractivity contribution in [2.75, 3.05) is 33.4 Å². The Balaban J connectivity index is 1.96. The van der Waals surface area contributed by atoms with Crippen LogP contribution in [0.25, 0.3) is 0 Å². The summed E-state index contributed by atoms with van der Waals surface area (Å²) >= 11 is 0. The van der Waals surface area contributed by atoms with Crippen LogP contribution < -0.4 is 5.32 Å². The normalized spacial score (nSPS) is 33.3. The van der Waals surface area contributed by atoms with Crippen molar-refractivity contribution in [1.82, 2.24) is 10.2 Å². The van der Waals surface area contributed by atoms with Crippen molar-refractivity contribution >= 4 is 0 Å². The topological polar surface area (TPSA) is 24.5 Å². The molecule has 1 saturated carbocycles. The molecule has 1 saturated heterocycles. The van der Waals surface area contributed by atoms with Gasteiger partial charge in [0.05, 0.1) is 6.61 Å².